The van der Waals surface area contributed by atoms with E-state index in [1.54, 1.807) is 6.92 Å². The van der Waals surface area contributed by atoms with E-state index in [-0.39, 0.29) is 12.3 Å². The van der Waals surface area contributed by atoms with E-state index in [4.69, 9.17) is 0 Å². The fourth-order valence-electron chi connectivity index (χ4n) is 1.66. The molecule has 1 heterocycles. The summed E-state index contributed by atoms with van der Waals surface area (Å²) < 4.78 is 78.5. The zero-order valence-corrected chi connectivity index (χ0v) is 10.5. The summed E-state index contributed by atoms with van der Waals surface area (Å²) in [5, 5.41) is 0. The number of benzene rings is 1. The summed E-state index contributed by atoms with van der Waals surface area (Å²) in [7, 11) is -1.87. The molecule has 2 nitrogen and oxygen atoms in total. The lowest BCUT2D eigenvalue weighted by molar-refractivity contribution is 0.380. The average Bonchev–Trinajstić information content (AvgIpc) is 2.37. The molecule has 1 unspecified atom stereocenters. The SMILES string of the molecule is CC1=CCN(c2c(F)c(F)c(F)c(F)c2F)S(=O)C1. The van der Waals surface area contributed by atoms with Gasteiger partial charge in [0, 0.05) is 0 Å². The molecule has 0 aliphatic carbocycles. The molecule has 0 spiro atoms. The smallest absolute Gasteiger partial charge is 0.200 e. The molecule has 1 aliphatic rings. The van der Waals surface area contributed by atoms with Gasteiger partial charge >= 0.3 is 0 Å². The molecular formula is C11H8F5NOS. The van der Waals surface area contributed by atoms with Crippen molar-refractivity contribution < 1.29 is 26.2 Å². The normalized spacial score (nSPS) is 19.6. The fraction of sp³-hybridized carbons (Fsp3) is 0.273. The van der Waals surface area contributed by atoms with Gasteiger partial charge in [0.05, 0.1) is 12.3 Å². The number of anilines is 1. The maximum absolute atomic E-state index is 13.5. The summed E-state index contributed by atoms with van der Waals surface area (Å²) in [6.45, 7) is 1.48. The minimum Gasteiger partial charge on any atom is -0.282 e. The van der Waals surface area contributed by atoms with Gasteiger partial charge in [-0.25, -0.2) is 26.2 Å². The molecule has 0 saturated heterocycles. The van der Waals surface area contributed by atoms with Crippen LogP contribution >= 0.6 is 0 Å². The monoisotopic (exact) mass is 297 g/mol. The summed E-state index contributed by atoms with van der Waals surface area (Å²) in [5.41, 5.74) is -0.433. The Morgan fingerprint density at radius 2 is 1.47 bits per heavy atom. The highest BCUT2D eigenvalue weighted by Gasteiger charge is 2.32. The second kappa shape index (κ2) is 4.92. The largest absolute Gasteiger partial charge is 0.282 e. The predicted octanol–water partition coefficient (Wildman–Crippen LogP) is 2.81. The van der Waals surface area contributed by atoms with Crippen molar-refractivity contribution in [1.82, 2.24) is 0 Å². The lowest BCUT2D eigenvalue weighted by atomic mass is 10.2. The Morgan fingerprint density at radius 3 is 1.95 bits per heavy atom. The highest BCUT2D eigenvalue weighted by molar-refractivity contribution is 7.86. The Morgan fingerprint density at radius 1 is 1.00 bits per heavy atom. The van der Waals surface area contributed by atoms with Crippen LogP contribution in [-0.2, 0) is 11.0 Å². The second-order valence-corrected chi connectivity index (χ2v) is 5.37. The standard InChI is InChI=1S/C11H8F5NOS/c1-5-2-3-17(19(18)4-5)11-9(15)7(13)6(12)8(14)10(11)16/h2H,3-4H2,1H3. The molecule has 0 bridgehead atoms. The summed E-state index contributed by atoms with van der Waals surface area (Å²) >= 11 is 0. The third-order valence-electron chi connectivity index (χ3n) is 2.64. The van der Waals surface area contributed by atoms with Crippen LogP contribution in [0.3, 0.4) is 0 Å². The molecular weight excluding hydrogens is 289 g/mol. The van der Waals surface area contributed by atoms with Gasteiger partial charge in [-0.3, -0.25) is 4.31 Å². The predicted molar refractivity (Wildman–Crippen MR) is 60.3 cm³/mol. The van der Waals surface area contributed by atoms with E-state index >= 15 is 0 Å². The highest BCUT2D eigenvalue weighted by atomic mass is 32.2. The van der Waals surface area contributed by atoms with Gasteiger partial charge < -0.3 is 0 Å². The van der Waals surface area contributed by atoms with E-state index in [0.717, 1.165) is 5.57 Å². The quantitative estimate of drug-likeness (QED) is 0.338. The third kappa shape index (κ3) is 2.24. The van der Waals surface area contributed by atoms with E-state index in [1.165, 1.54) is 6.08 Å². The minimum atomic E-state index is -2.23. The summed E-state index contributed by atoms with van der Waals surface area (Å²) in [6.07, 6.45) is 1.51. The van der Waals surface area contributed by atoms with Crippen LogP contribution in [0.25, 0.3) is 0 Å². The van der Waals surface area contributed by atoms with Crippen LogP contribution in [-0.4, -0.2) is 16.5 Å². The molecule has 0 saturated carbocycles. The van der Waals surface area contributed by atoms with Gasteiger partial charge in [0.25, 0.3) is 0 Å². The molecule has 1 aliphatic heterocycles. The molecule has 104 valence electrons. The van der Waals surface area contributed by atoms with Gasteiger partial charge in [0.15, 0.2) is 23.3 Å². The van der Waals surface area contributed by atoms with Crippen molar-refractivity contribution in [2.45, 2.75) is 6.92 Å². The van der Waals surface area contributed by atoms with E-state index in [0.29, 0.717) is 4.31 Å². The Labute approximate surface area is 108 Å². The molecule has 19 heavy (non-hydrogen) atoms. The first kappa shape index (κ1) is 14.0. The molecule has 8 heteroatoms. The Kier molecular flexibility index (Phi) is 3.62. The molecule has 0 amide bonds. The van der Waals surface area contributed by atoms with Gasteiger partial charge in [-0.15, -0.1) is 0 Å². The van der Waals surface area contributed by atoms with Crippen LogP contribution in [0.5, 0.6) is 0 Å². The van der Waals surface area contributed by atoms with Crippen molar-refractivity contribution in [1.29, 1.82) is 0 Å². The van der Waals surface area contributed by atoms with E-state index in [2.05, 4.69) is 0 Å². The fourth-order valence-corrected chi connectivity index (χ4v) is 2.93. The zero-order chi connectivity index (χ0) is 14.3. The Bertz CT molecular complexity index is 572. The number of hydrogen-bond donors (Lipinski definition) is 0. The molecule has 0 radical (unpaired) electrons. The van der Waals surface area contributed by atoms with Crippen molar-refractivity contribution in [2.75, 3.05) is 16.6 Å². The highest BCUT2D eigenvalue weighted by Crippen LogP contribution is 2.32. The van der Waals surface area contributed by atoms with Gasteiger partial charge in [-0.2, -0.15) is 0 Å². The molecule has 1 atom stereocenters. The van der Waals surface area contributed by atoms with Crippen LogP contribution in [0.4, 0.5) is 27.6 Å². The maximum Gasteiger partial charge on any atom is 0.200 e. The topological polar surface area (TPSA) is 20.3 Å². The van der Waals surface area contributed by atoms with Crippen molar-refractivity contribution in [3.05, 3.63) is 40.7 Å². The van der Waals surface area contributed by atoms with E-state index < -0.39 is 45.8 Å². The molecule has 0 fully saturated rings. The number of hydrogen-bond acceptors (Lipinski definition) is 1. The van der Waals surface area contributed by atoms with Gasteiger partial charge in [0.1, 0.15) is 16.7 Å². The summed E-state index contributed by atoms with van der Waals surface area (Å²) in [5.74, 6) is -10.3. The molecule has 2 rings (SSSR count). The molecule has 0 N–H and O–H groups in total. The number of halogens is 5. The van der Waals surface area contributed by atoms with Crippen LogP contribution in [0.1, 0.15) is 6.92 Å². The molecule has 1 aromatic carbocycles. The first-order valence-electron chi connectivity index (χ1n) is 5.17. The van der Waals surface area contributed by atoms with Crippen molar-refractivity contribution >= 4 is 16.7 Å². The number of rotatable bonds is 1. The second-order valence-electron chi connectivity index (χ2n) is 4.00. The van der Waals surface area contributed by atoms with Crippen LogP contribution in [0, 0.1) is 29.1 Å². The Hall–Kier alpha value is -1.44. The van der Waals surface area contributed by atoms with Crippen LogP contribution < -0.4 is 4.31 Å². The summed E-state index contributed by atoms with van der Waals surface area (Å²) in [4.78, 5) is 0. The van der Waals surface area contributed by atoms with E-state index in [9.17, 15) is 26.2 Å². The lowest BCUT2D eigenvalue weighted by Gasteiger charge is -2.27. The minimum absolute atomic E-state index is 0.0144. The van der Waals surface area contributed by atoms with E-state index in [1.807, 2.05) is 0 Å². The third-order valence-corrected chi connectivity index (χ3v) is 4.16. The van der Waals surface area contributed by atoms with Crippen molar-refractivity contribution in [2.24, 2.45) is 0 Å². The first-order valence-corrected chi connectivity index (χ1v) is 6.45. The number of nitrogens with zero attached hydrogens (tertiary/aromatic N) is 1. The van der Waals surface area contributed by atoms with Gasteiger partial charge in [-0.1, -0.05) is 11.6 Å². The van der Waals surface area contributed by atoms with Gasteiger partial charge in [-0.05, 0) is 6.92 Å². The lowest BCUT2D eigenvalue weighted by Crippen LogP contribution is -2.34. The Balaban J connectivity index is 2.61. The average molecular weight is 297 g/mol. The summed E-state index contributed by atoms with van der Waals surface area (Å²) in [6, 6.07) is 0. The first-order chi connectivity index (χ1) is 8.84. The van der Waals surface area contributed by atoms with Crippen molar-refractivity contribution in [3.8, 4) is 0 Å². The van der Waals surface area contributed by atoms with Crippen LogP contribution in [0.2, 0.25) is 0 Å². The van der Waals surface area contributed by atoms with Gasteiger partial charge in [0.2, 0.25) is 5.82 Å². The van der Waals surface area contributed by atoms with Crippen LogP contribution in [0.15, 0.2) is 11.6 Å². The maximum atomic E-state index is 13.5. The zero-order valence-electron chi connectivity index (χ0n) is 9.65. The molecule has 1 aromatic rings. The van der Waals surface area contributed by atoms with Crippen molar-refractivity contribution in [3.63, 3.8) is 0 Å². The molecule has 0 aromatic heterocycles.